The third-order valence-corrected chi connectivity index (χ3v) is 9.29. The van der Waals surface area contributed by atoms with Gasteiger partial charge in [-0.05, 0) is 72.9 Å². The van der Waals surface area contributed by atoms with Gasteiger partial charge in [0.25, 0.3) is 11.5 Å². The van der Waals surface area contributed by atoms with E-state index in [4.69, 9.17) is 14.5 Å². The first-order chi connectivity index (χ1) is 23.8. The maximum Gasteiger partial charge on any atom is 0.271 e. The molecule has 0 saturated carbocycles. The fraction of sp³-hybridized carbons (Fsp3) is 0.200. The topological polar surface area (TPSA) is 106 Å². The van der Waals surface area contributed by atoms with Gasteiger partial charge in [0, 0.05) is 11.3 Å². The zero-order valence-electron chi connectivity index (χ0n) is 27.8. The fourth-order valence-electron chi connectivity index (χ4n) is 5.77. The summed E-state index contributed by atoms with van der Waals surface area (Å²) in [6, 6.07) is 31.7. The molecule has 0 fully saturated rings. The Bertz CT molecular complexity index is 2260. The maximum absolute atomic E-state index is 14.3. The van der Waals surface area contributed by atoms with Crippen molar-refractivity contribution in [1.29, 1.82) is 5.26 Å². The van der Waals surface area contributed by atoms with Crippen LogP contribution in [-0.4, -0.2) is 17.1 Å². The number of thiazole rings is 1. The van der Waals surface area contributed by atoms with E-state index < -0.39 is 6.04 Å². The number of nitrogens with one attached hydrogen (secondary N) is 1. The number of allylic oxidation sites excluding steroid dienone is 1. The van der Waals surface area contributed by atoms with E-state index in [1.807, 2.05) is 92.7 Å². The number of amides is 1. The second-order valence-corrected chi connectivity index (χ2v) is 12.9. The van der Waals surface area contributed by atoms with Crippen molar-refractivity contribution in [2.45, 2.75) is 46.3 Å². The van der Waals surface area contributed by atoms with E-state index in [1.165, 1.54) is 16.9 Å². The highest BCUT2D eigenvalue weighted by molar-refractivity contribution is 7.07. The molecule has 8 nitrogen and oxygen atoms in total. The Labute approximate surface area is 288 Å². The van der Waals surface area contributed by atoms with Gasteiger partial charge in [-0.2, -0.15) is 5.26 Å². The summed E-state index contributed by atoms with van der Waals surface area (Å²) < 4.78 is 14.1. The van der Waals surface area contributed by atoms with Gasteiger partial charge in [-0.25, -0.2) is 4.99 Å². The van der Waals surface area contributed by atoms with Crippen LogP contribution in [-0.2, 0) is 11.4 Å². The van der Waals surface area contributed by atoms with E-state index in [-0.39, 0.29) is 18.1 Å². The van der Waals surface area contributed by atoms with Gasteiger partial charge in [-0.3, -0.25) is 14.2 Å². The quantitative estimate of drug-likeness (QED) is 0.175. The molecule has 246 valence electrons. The molecule has 0 radical (unpaired) electrons. The van der Waals surface area contributed by atoms with Crippen LogP contribution in [0.2, 0.25) is 0 Å². The van der Waals surface area contributed by atoms with Gasteiger partial charge in [0.2, 0.25) is 0 Å². The molecular formula is C40H36N4O4S. The number of benzene rings is 4. The van der Waals surface area contributed by atoms with E-state index in [9.17, 15) is 14.9 Å². The van der Waals surface area contributed by atoms with Crippen LogP contribution < -0.4 is 29.7 Å². The molecule has 9 heteroatoms. The van der Waals surface area contributed by atoms with Gasteiger partial charge in [0.1, 0.15) is 6.61 Å². The number of nitriles is 1. The first-order valence-electron chi connectivity index (χ1n) is 16.1. The maximum atomic E-state index is 14.3. The number of anilines is 1. The lowest BCUT2D eigenvalue weighted by Gasteiger charge is -2.25. The molecule has 6 rings (SSSR count). The molecule has 1 aliphatic heterocycles. The summed E-state index contributed by atoms with van der Waals surface area (Å²) in [5.74, 6) is 1.08. The Morgan fingerprint density at radius 1 is 1.00 bits per heavy atom. The first kappa shape index (κ1) is 33.2. The summed E-state index contributed by atoms with van der Waals surface area (Å²) in [4.78, 5) is 33.4. The molecule has 4 aromatic carbocycles. The summed E-state index contributed by atoms with van der Waals surface area (Å²) in [6.07, 6.45) is 1.81. The lowest BCUT2D eigenvalue weighted by Crippen LogP contribution is -2.40. The minimum absolute atomic E-state index is 0.208. The van der Waals surface area contributed by atoms with Crippen LogP contribution in [0.25, 0.3) is 6.08 Å². The van der Waals surface area contributed by atoms with E-state index in [0.29, 0.717) is 55.9 Å². The number of carbonyl (C=O) groups is 1. The Kier molecular flexibility index (Phi) is 9.88. The molecule has 0 unspecified atom stereocenters. The lowest BCUT2D eigenvalue weighted by atomic mass is 9.93. The van der Waals surface area contributed by atoms with Crippen molar-refractivity contribution in [3.8, 4) is 17.6 Å². The van der Waals surface area contributed by atoms with Gasteiger partial charge in [0.15, 0.2) is 16.3 Å². The Morgan fingerprint density at radius 3 is 2.45 bits per heavy atom. The molecule has 2 heterocycles. The highest BCUT2D eigenvalue weighted by Gasteiger charge is 2.32. The third kappa shape index (κ3) is 7.10. The average Bonchev–Trinajstić information content (AvgIpc) is 3.41. The number of para-hydroxylation sites is 1. The van der Waals surface area contributed by atoms with E-state index >= 15 is 0 Å². The fourth-order valence-corrected chi connectivity index (χ4v) is 6.82. The van der Waals surface area contributed by atoms with Crippen LogP contribution in [0.3, 0.4) is 0 Å². The molecular weight excluding hydrogens is 633 g/mol. The molecule has 1 amide bonds. The van der Waals surface area contributed by atoms with Gasteiger partial charge < -0.3 is 14.8 Å². The number of carbonyl (C=O) groups excluding carboxylic acids is 1. The summed E-state index contributed by atoms with van der Waals surface area (Å²) in [5, 5.41) is 12.5. The van der Waals surface area contributed by atoms with Crippen molar-refractivity contribution >= 4 is 29.0 Å². The predicted molar refractivity (Wildman–Crippen MR) is 192 cm³/mol. The summed E-state index contributed by atoms with van der Waals surface area (Å²) in [6.45, 7) is 8.59. The third-order valence-electron chi connectivity index (χ3n) is 8.30. The van der Waals surface area contributed by atoms with Crippen molar-refractivity contribution in [3.63, 3.8) is 0 Å². The molecule has 0 bridgehead atoms. The largest absolute Gasteiger partial charge is 0.490 e. The molecule has 49 heavy (non-hydrogen) atoms. The number of fused-ring (bicyclic) bond motifs is 1. The summed E-state index contributed by atoms with van der Waals surface area (Å²) in [5.41, 5.74) is 5.44. The van der Waals surface area contributed by atoms with Gasteiger partial charge in [-0.1, -0.05) is 91.9 Å². The van der Waals surface area contributed by atoms with Gasteiger partial charge in [0.05, 0.1) is 40.1 Å². The zero-order valence-corrected chi connectivity index (χ0v) is 28.6. The number of hydrogen-bond donors (Lipinski definition) is 1. The number of rotatable bonds is 10. The van der Waals surface area contributed by atoms with Crippen molar-refractivity contribution in [1.82, 2.24) is 4.57 Å². The lowest BCUT2D eigenvalue weighted by molar-refractivity contribution is -0.113. The van der Waals surface area contributed by atoms with Crippen LogP contribution in [0.4, 0.5) is 5.69 Å². The van der Waals surface area contributed by atoms with Crippen molar-refractivity contribution in [2.75, 3.05) is 11.9 Å². The summed E-state index contributed by atoms with van der Waals surface area (Å²) in [7, 11) is 0. The number of ether oxygens (including phenoxy) is 2. The molecule has 1 aromatic heterocycles. The predicted octanol–water partition coefficient (Wildman–Crippen LogP) is 6.85. The van der Waals surface area contributed by atoms with E-state index in [1.54, 1.807) is 16.7 Å². The minimum Gasteiger partial charge on any atom is -0.490 e. The van der Waals surface area contributed by atoms with E-state index in [0.717, 1.165) is 16.7 Å². The molecule has 0 spiro atoms. The Morgan fingerprint density at radius 2 is 1.73 bits per heavy atom. The van der Waals surface area contributed by atoms with Crippen molar-refractivity contribution < 1.29 is 14.3 Å². The standard InChI is InChI=1S/C40H36N4O4S/c1-5-47-34-21-27(15-20-33(34)48-24-31-12-10-9-11-30(31)23-41)22-35-39(46)44-37(29-18-16-28(17-19-29)25(2)3)36(26(4)42-40(44)49-35)38(45)43-32-13-7-6-8-14-32/h6-22,25,37H,5,24H2,1-4H3,(H,43,45)/b35-22+/t37-/m0/s1. The molecule has 0 aliphatic carbocycles. The zero-order chi connectivity index (χ0) is 34.5. The first-order valence-corrected chi connectivity index (χ1v) is 17.0. The summed E-state index contributed by atoms with van der Waals surface area (Å²) >= 11 is 1.28. The number of hydrogen-bond acceptors (Lipinski definition) is 7. The molecule has 1 N–H and O–H groups in total. The van der Waals surface area contributed by atoms with Gasteiger partial charge >= 0.3 is 0 Å². The van der Waals surface area contributed by atoms with Crippen LogP contribution in [0.1, 0.15) is 67.5 Å². The number of aromatic nitrogens is 1. The molecule has 1 atom stereocenters. The highest BCUT2D eigenvalue weighted by atomic mass is 32.1. The monoisotopic (exact) mass is 668 g/mol. The molecule has 0 saturated heterocycles. The van der Waals surface area contributed by atoms with E-state index in [2.05, 4.69) is 37.4 Å². The number of nitrogens with zero attached hydrogens (tertiary/aromatic N) is 3. The van der Waals surface area contributed by atoms with Gasteiger partial charge in [-0.15, -0.1) is 0 Å². The van der Waals surface area contributed by atoms with Crippen LogP contribution in [0, 0.1) is 11.3 Å². The molecule has 5 aromatic rings. The Balaban J connectivity index is 1.39. The van der Waals surface area contributed by atoms with Crippen molar-refractivity contribution in [2.24, 2.45) is 4.99 Å². The smallest absolute Gasteiger partial charge is 0.271 e. The minimum atomic E-state index is -0.672. The van der Waals surface area contributed by atoms with Crippen molar-refractivity contribution in [3.05, 3.63) is 156 Å². The van der Waals surface area contributed by atoms with Crippen LogP contribution >= 0.6 is 11.3 Å². The SMILES string of the molecule is CCOc1cc(/C=c2/sc3n(c2=O)[C@@H](c2ccc(C(C)C)cc2)C(C(=O)Nc2ccccc2)=C(C)N=3)ccc1OCc1ccccc1C#N. The Hall–Kier alpha value is -5.72. The second-order valence-electron chi connectivity index (χ2n) is 11.9. The highest BCUT2D eigenvalue weighted by Crippen LogP contribution is 2.32. The average molecular weight is 669 g/mol. The molecule has 1 aliphatic rings. The second kappa shape index (κ2) is 14.6. The van der Waals surface area contributed by atoms with Crippen LogP contribution in [0.15, 0.2) is 118 Å². The normalized spacial score (nSPS) is 14.2. The van der Waals surface area contributed by atoms with Crippen LogP contribution in [0.5, 0.6) is 11.5 Å².